The summed E-state index contributed by atoms with van der Waals surface area (Å²) in [6, 6.07) is -0.449. The van der Waals surface area contributed by atoms with Crippen LogP contribution in [0.5, 0.6) is 0 Å². The number of rotatable bonds is 3. The van der Waals surface area contributed by atoms with Crippen LogP contribution < -0.4 is 0 Å². The standard InChI is InChI=1S/C11H19BO4/c1-6(13-4)11-8(14-5)7(9(12)16-11)15-10(11,2)3/h6-9H,1-5H3/t6?,7?,8?,9?,11-/m1/s1. The molecule has 5 atom stereocenters. The van der Waals surface area contributed by atoms with Gasteiger partial charge in [-0.3, -0.25) is 0 Å². The highest BCUT2D eigenvalue weighted by Crippen LogP contribution is 2.53. The van der Waals surface area contributed by atoms with Crippen molar-refractivity contribution in [3.05, 3.63) is 0 Å². The molecule has 0 aromatic rings. The molecule has 4 unspecified atom stereocenters. The van der Waals surface area contributed by atoms with Crippen LogP contribution in [0.15, 0.2) is 0 Å². The molecule has 2 saturated heterocycles. The van der Waals surface area contributed by atoms with Crippen molar-refractivity contribution in [3.8, 4) is 0 Å². The van der Waals surface area contributed by atoms with Crippen molar-refractivity contribution < 1.29 is 18.9 Å². The summed E-state index contributed by atoms with van der Waals surface area (Å²) in [5, 5.41) is 0. The van der Waals surface area contributed by atoms with E-state index in [4.69, 9.17) is 26.8 Å². The molecule has 0 aromatic carbocycles. The first-order chi connectivity index (χ1) is 7.40. The fourth-order valence-electron chi connectivity index (χ4n) is 3.12. The topological polar surface area (TPSA) is 36.9 Å². The average molecular weight is 226 g/mol. The summed E-state index contributed by atoms with van der Waals surface area (Å²) in [5.74, 6) is 0. The number of ether oxygens (including phenoxy) is 4. The first-order valence-electron chi connectivity index (χ1n) is 5.57. The first-order valence-corrected chi connectivity index (χ1v) is 5.57. The zero-order valence-electron chi connectivity index (χ0n) is 10.5. The molecule has 0 N–H and O–H groups in total. The molecule has 0 saturated carbocycles. The summed E-state index contributed by atoms with van der Waals surface area (Å²) < 4.78 is 22.8. The number of hydrogen-bond acceptors (Lipinski definition) is 4. The Morgan fingerprint density at radius 2 is 1.88 bits per heavy atom. The van der Waals surface area contributed by atoms with Crippen LogP contribution in [0.25, 0.3) is 0 Å². The first kappa shape index (κ1) is 12.4. The highest BCUT2D eigenvalue weighted by atomic mass is 16.7. The van der Waals surface area contributed by atoms with Gasteiger partial charge in [0.15, 0.2) is 5.60 Å². The van der Waals surface area contributed by atoms with Crippen molar-refractivity contribution in [1.82, 2.24) is 0 Å². The molecular formula is C11H19BO4. The zero-order valence-corrected chi connectivity index (χ0v) is 10.5. The molecule has 2 fully saturated rings. The van der Waals surface area contributed by atoms with Crippen LogP contribution in [0.2, 0.25) is 0 Å². The van der Waals surface area contributed by atoms with E-state index in [-0.39, 0.29) is 18.3 Å². The van der Waals surface area contributed by atoms with E-state index in [1.165, 1.54) is 0 Å². The molecule has 0 aliphatic carbocycles. The van der Waals surface area contributed by atoms with E-state index in [9.17, 15) is 0 Å². The minimum Gasteiger partial charge on any atom is -0.379 e. The maximum Gasteiger partial charge on any atom is 0.150 e. The second-order valence-corrected chi connectivity index (χ2v) is 5.00. The Labute approximate surface area is 98.0 Å². The molecule has 0 amide bonds. The van der Waals surface area contributed by atoms with E-state index in [1.807, 2.05) is 20.8 Å². The van der Waals surface area contributed by atoms with Gasteiger partial charge in [-0.1, -0.05) is 0 Å². The highest BCUT2D eigenvalue weighted by molar-refractivity contribution is 6.11. The van der Waals surface area contributed by atoms with Gasteiger partial charge in [0.2, 0.25) is 0 Å². The molecule has 4 nitrogen and oxygen atoms in total. The quantitative estimate of drug-likeness (QED) is 0.656. The van der Waals surface area contributed by atoms with Gasteiger partial charge < -0.3 is 18.9 Å². The van der Waals surface area contributed by atoms with Crippen molar-refractivity contribution in [1.29, 1.82) is 0 Å². The van der Waals surface area contributed by atoms with Gasteiger partial charge in [-0.25, -0.2) is 0 Å². The fraction of sp³-hybridized carbons (Fsp3) is 1.00. The fourth-order valence-corrected chi connectivity index (χ4v) is 3.12. The van der Waals surface area contributed by atoms with Gasteiger partial charge in [-0.2, -0.15) is 0 Å². The Balaban J connectivity index is 2.43. The van der Waals surface area contributed by atoms with E-state index in [0.717, 1.165) is 0 Å². The summed E-state index contributed by atoms with van der Waals surface area (Å²) in [7, 11) is 9.21. The molecule has 2 aliphatic rings. The Morgan fingerprint density at radius 3 is 2.38 bits per heavy atom. The van der Waals surface area contributed by atoms with E-state index < -0.39 is 17.2 Å². The van der Waals surface area contributed by atoms with E-state index in [1.54, 1.807) is 14.2 Å². The van der Waals surface area contributed by atoms with E-state index in [2.05, 4.69) is 0 Å². The van der Waals surface area contributed by atoms with Gasteiger partial charge in [0.1, 0.15) is 20.1 Å². The molecule has 5 heteroatoms. The molecule has 2 aliphatic heterocycles. The molecular weight excluding hydrogens is 207 g/mol. The third-order valence-corrected chi connectivity index (χ3v) is 3.96. The van der Waals surface area contributed by atoms with Gasteiger partial charge in [-0.15, -0.1) is 0 Å². The number of methoxy groups -OCH3 is 2. The Kier molecular flexibility index (Phi) is 2.86. The zero-order chi connectivity index (χ0) is 12.1. The third-order valence-electron chi connectivity index (χ3n) is 3.96. The summed E-state index contributed by atoms with van der Waals surface area (Å²) in [4.78, 5) is 0. The monoisotopic (exact) mass is 226 g/mol. The lowest BCUT2D eigenvalue weighted by Crippen LogP contribution is -2.62. The second-order valence-electron chi connectivity index (χ2n) is 5.00. The van der Waals surface area contributed by atoms with E-state index >= 15 is 0 Å². The number of hydrogen-bond donors (Lipinski definition) is 0. The van der Waals surface area contributed by atoms with Crippen LogP contribution in [-0.2, 0) is 18.9 Å². The van der Waals surface area contributed by atoms with E-state index in [0.29, 0.717) is 0 Å². The van der Waals surface area contributed by atoms with Crippen molar-refractivity contribution in [2.75, 3.05) is 14.2 Å². The molecule has 16 heavy (non-hydrogen) atoms. The van der Waals surface area contributed by atoms with Crippen molar-refractivity contribution in [2.45, 2.75) is 56.3 Å². The SMILES string of the molecule is [B]C1O[C@]2(C(C)OC)C(OC)C1OC2(C)C. The predicted molar refractivity (Wildman–Crippen MR) is 59.6 cm³/mol. The van der Waals surface area contributed by atoms with Gasteiger partial charge >= 0.3 is 0 Å². The Hall–Kier alpha value is -0.0951. The second kappa shape index (κ2) is 3.70. The van der Waals surface area contributed by atoms with Gasteiger partial charge in [0, 0.05) is 20.2 Å². The van der Waals surface area contributed by atoms with Gasteiger partial charge in [0.25, 0.3) is 0 Å². The highest BCUT2D eigenvalue weighted by Gasteiger charge is 2.71. The van der Waals surface area contributed by atoms with Crippen LogP contribution in [0.4, 0.5) is 0 Å². The summed E-state index contributed by atoms with van der Waals surface area (Å²) in [6.07, 6.45) is -0.559. The van der Waals surface area contributed by atoms with Crippen LogP contribution in [-0.4, -0.2) is 57.6 Å². The summed E-state index contributed by atoms with van der Waals surface area (Å²) in [6.45, 7) is 5.93. The Morgan fingerprint density at radius 1 is 1.25 bits per heavy atom. The van der Waals surface area contributed by atoms with Crippen molar-refractivity contribution in [2.24, 2.45) is 0 Å². The Bertz CT molecular complexity index is 283. The molecule has 90 valence electrons. The summed E-state index contributed by atoms with van der Waals surface area (Å²) >= 11 is 0. The maximum absolute atomic E-state index is 5.93. The third kappa shape index (κ3) is 1.26. The van der Waals surface area contributed by atoms with Crippen molar-refractivity contribution in [3.63, 3.8) is 0 Å². The predicted octanol–water partition coefficient (Wildman–Crippen LogP) is 0.477. The van der Waals surface area contributed by atoms with Crippen LogP contribution in [0.3, 0.4) is 0 Å². The number of fused-ring (bicyclic) bond motifs is 2. The van der Waals surface area contributed by atoms with Gasteiger partial charge in [0.05, 0.1) is 11.7 Å². The van der Waals surface area contributed by atoms with Crippen LogP contribution in [0, 0.1) is 0 Å². The molecule has 2 heterocycles. The molecule has 0 aromatic heterocycles. The normalized spacial score (nSPS) is 47.2. The lowest BCUT2D eigenvalue weighted by Gasteiger charge is -2.46. The largest absolute Gasteiger partial charge is 0.379 e. The maximum atomic E-state index is 5.93. The van der Waals surface area contributed by atoms with Crippen LogP contribution >= 0.6 is 0 Å². The average Bonchev–Trinajstić information content (AvgIpc) is 2.62. The molecule has 2 bridgehead atoms. The molecule has 0 spiro atoms. The van der Waals surface area contributed by atoms with Crippen LogP contribution in [0.1, 0.15) is 20.8 Å². The minimum absolute atomic E-state index is 0.147. The lowest BCUT2D eigenvalue weighted by molar-refractivity contribution is -0.244. The minimum atomic E-state index is -0.638. The van der Waals surface area contributed by atoms with Gasteiger partial charge in [-0.05, 0) is 20.8 Å². The van der Waals surface area contributed by atoms with Crippen molar-refractivity contribution >= 4 is 7.85 Å². The smallest absolute Gasteiger partial charge is 0.150 e. The summed E-state index contributed by atoms with van der Waals surface area (Å²) in [5.41, 5.74) is -1.11. The molecule has 2 rings (SSSR count). The lowest BCUT2D eigenvalue weighted by atomic mass is 9.79. The molecule has 2 radical (unpaired) electrons.